The van der Waals surface area contributed by atoms with Gasteiger partial charge in [-0.05, 0) is 30.5 Å². The quantitative estimate of drug-likeness (QED) is 0.733. The van der Waals surface area contributed by atoms with Crippen molar-refractivity contribution in [2.24, 2.45) is 0 Å². The van der Waals surface area contributed by atoms with Gasteiger partial charge in [-0.3, -0.25) is 9.59 Å². The molecule has 1 heterocycles. The summed E-state index contributed by atoms with van der Waals surface area (Å²) in [4.78, 5) is 24.5. The lowest BCUT2D eigenvalue weighted by atomic mass is 10.2. The second-order valence-electron chi connectivity index (χ2n) is 4.52. The fourth-order valence-electron chi connectivity index (χ4n) is 1.65. The third kappa shape index (κ3) is 3.91. The number of rotatable bonds is 4. The predicted octanol–water partition coefficient (Wildman–Crippen LogP) is 3.39. The van der Waals surface area contributed by atoms with E-state index in [0.29, 0.717) is 10.6 Å². The lowest BCUT2D eigenvalue weighted by Gasteiger charge is -2.14. The van der Waals surface area contributed by atoms with Gasteiger partial charge in [-0.2, -0.15) is 0 Å². The van der Waals surface area contributed by atoms with Crippen LogP contribution in [0.25, 0.3) is 0 Å². The Bertz CT molecular complexity index is 681. The second-order valence-corrected chi connectivity index (χ2v) is 6.28. The van der Waals surface area contributed by atoms with Crippen LogP contribution in [0.3, 0.4) is 0 Å². The van der Waals surface area contributed by atoms with Gasteiger partial charge >= 0.3 is 0 Å². The van der Waals surface area contributed by atoms with Crippen LogP contribution in [0.4, 0.5) is 11.4 Å². The Morgan fingerprint density at radius 3 is 2.45 bits per heavy atom. The summed E-state index contributed by atoms with van der Waals surface area (Å²) in [5, 5.41) is 7.52. The van der Waals surface area contributed by atoms with Gasteiger partial charge in [0.1, 0.15) is 6.04 Å². The third-order valence-corrected chi connectivity index (χ3v) is 4.33. The Morgan fingerprint density at radius 2 is 1.91 bits per heavy atom. The first-order valence-corrected chi connectivity index (χ1v) is 7.92. The molecule has 1 unspecified atom stereocenters. The molecule has 1 atom stereocenters. The summed E-state index contributed by atoms with van der Waals surface area (Å²) in [6.07, 6.45) is 0. The van der Waals surface area contributed by atoms with Crippen LogP contribution in [0.5, 0.6) is 0 Å². The van der Waals surface area contributed by atoms with E-state index in [-0.39, 0.29) is 27.5 Å². The van der Waals surface area contributed by atoms with E-state index >= 15 is 0 Å². The van der Waals surface area contributed by atoms with Crippen LogP contribution in [0.1, 0.15) is 16.6 Å². The second kappa shape index (κ2) is 7.00. The molecule has 0 spiro atoms. The maximum atomic E-state index is 12.1. The van der Waals surface area contributed by atoms with E-state index in [2.05, 4.69) is 10.6 Å². The molecule has 2 aromatic rings. The molecular formula is C14H13Cl2N3O2S. The Kier molecular flexibility index (Phi) is 5.28. The van der Waals surface area contributed by atoms with Crippen LogP contribution in [-0.2, 0) is 4.79 Å². The van der Waals surface area contributed by atoms with Gasteiger partial charge in [0.25, 0.3) is 5.91 Å². The highest BCUT2D eigenvalue weighted by Gasteiger charge is 2.18. The average molecular weight is 358 g/mol. The van der Waals surface area contributed by atoms with Crippen molar-refractivity contribution in [1.29, 1.82) is 0 Å². The minimum absolute atomic E-state index is 0.248. The van der Waals surface area contributed by atoms with Crippen LogP contribution < -0.4 is 16.4 Å². The van der Waals surface area contributed by atoms with Crippen molar-refractivity contribution < 1.29 is 9.59 Å². The molecule has 22 heavy (non-hydrogen) atoms. The van der Waals surface area contributed by atoms with E-state index in [4.69, 9.17) is 28.9 Å². The molecule has 0 aliphatic heterocycles. The maximum Gasteiger partial charge on any atom is 0.261 e. The predicted molar refractivity (Wildman–Crippen MR) is 90.8 cm³/mol. The molecule has 8 heteroatoms. The maximum absolute atomic E-state index is 12.1. The fourth-order valence-corrected chi connectivity index (χ4v) is 2.76. The molecule has 5 nitrogen and oxygen atoms in total. The lowest BCUT2D eigenvalue weighted by Crippen LogP contribution is -2.41. The zero-order valence-electron chi connectivity index (χ0n) is 11.5. The summed E-state index contributed by atoms with van der Waals surface area (Å²) in [5.41, 5.74) is 6.29. The number of nitrogens with two attached hydrogens (primary N) is 1. The normalized spacial score (nSPS) is 11.8. The lowest BCUT2D eigenvalue weighted by molar-refractivity contribution is -0.117. The number of carbonyl (C=O) groups is 2. The Morgan fingerprint density at radius 1 is 1.27 bits per heavy atom. The average Bonchev–Trinajstić information content (AvgIpc) is 2.98. The Hall–Kier alpha value is -1.76. The number of nitrogen functional groups attached to an aromatic ring is 1. The number of halogens is 2. The number of nitrogens with one attached hydrogen (secondary N) is 2. The summed E-state index contributed by atoms with van der Waals surface area (Å²) in [5.74, 6) is -0.687. The van der Waals surface area contributed by atoms with Crippen molar-refractivity contribution in [2.75, 3.05) is 11.1 Å². The molecule has 1 aromatic heterocycles. The summed E-state index contributed by atoms with van der Waals surface area (Å²) in [7, 11) is 0. The van der Waals surface area contributed by atoms with Crippen molar-refractivity contribution >= 4 is 57.7 Å². The molecule has 0 radical (unpaired) electrons. The van der Waals surface area contributed by atoms with Crippen molar-refractivity contribution in [3.63, 3.8) is 0 Å². The molecule has 0 saturated carbocycles. The van der Waals surface area contributed by atoms with Gasteiger partial charge in [-0.15, -0.1) is 11.3 Å². The zero-order valence-corrected chi connectivity index (χ0v) is 13.9. The number of hydrogen-bond donors (Lipinski definition) is 3. The van der Waals surface area contributed by atoms with Gasteiger partial charge in [0, 0.05) is 5.69 Å². The highest BCUT2D eigenvalue weighted by Crippen LogP contribution is 2.31. The first-order valence-electron chi connectivity index (χ1n) is 6.28. The monoisotopic (exact) mass is 357 g/mol. The van der Waals surface area contributed by atoms with E-state index in [1.165, 1.54) is 23.5 Å². The van der Waals surface area contributed by atoms with Crippen LogP contribution in [-0.4, -0.2) is 17.9 Å². The van der Waals surface area contributed by atoms with E-state index in [0.717, 1.165) is 0 Å². The Labute approximate surface area is 141 Å². The van der Waals surface area contributed by atoms with Gasteiger partial charge in [-0.1, -0.05) is 29.3 Å². The SMILES string of the molecule is CC(NC(=O)c1cccs1)C(=O)Nc1cc(Cl)c(N)c(Cl)c1. The summed E-state index contributed by atoms with van der Waals surface area (Å²) in [6.45, 7) is 1.58. The molecule has 4 N–H and O–H groups in total. The van der Waals surface area contributed by atoms with Gasteiger partial charge in [0.15, 0.2) is 0 Å². The minimum atomic E-state index is -0.718. The Balaban J connectivity index is 2.01. The number of carbonyl (C=O) groups excluding carboxylic acids is 2. The number of hydrogen-bond acceptors (Lipinski definition) is 4. The van der Waals surface area contributed by atoms with Gasteiger partial charge in [0.2, 0.25) is 5.91 Å². The summed E-state index contributed by atoms with van der Waals surface area (Å²) >= 11 is 13.1. The summed E-state index contributed by atoms with van der Waals surface area (Å²) in [6, 6.07) is 5.72. The molecular weight excluding hydrogens is 345 g/mol. The summed E-state index contributed by atoms with van der Waals surface area (Å²) < 4.78 is 0. The first kappa shape index (κ1) is 16.6. The molecule has 116 valence electrons. The van der Waals surface area contributed by atoms with Crippen LogP contribution in [0, 0.1) is 0 Å². The van der Waals surface area contributed by atoms with Crippen molar-refractivity contribution in [2.45, 2.75) is 13.0 Å². The number of anilines is 2. The highest BCUT2D eigenvalue weighted by atomic mass is 35.5. The standard InChI is InChI=1S/C14H13Cl2N3O2S/c1-7(18-14(21)11-3-2-4-22-11)13(20)19-8-5-9(15)12(17)10(16)6-8/h2-7H,17H2,1H3,(H,18,21)(H,19,20). The minimum Gasteiger partial charge on any atom is -0.396 e. The molecule has 0 aliphatic carbocycles. The topological polar surface area (TPSA) is 84.2 Å². The molecule has 0 bridgehead atoms. The number of benzene rings is 1. The molecule has 1 aromatic carbocycles. The number of amides is 2. The van der Waals surface area contributed by atoms with E-state index < -0.39 is 6.04 Å². The van der Waals surface area contributed by atoms with E-state index in [1.807, 2.05) is 0 Å². The van der Waals surface area contributed by atoms with Crippen LogP contribution in [0.15, 0.2) is 29.6 Å². The largest absolute Gasteiger partial charge is 0.396 e. The third-order valence-electron chi connectivity index (χ3n) is 2.83. The van der Waals surface area contributed by atoms with E-state index in [1.54, 1.807) is 24.4 Å². The fraction of sp³-hybridized carbons (Fsp3) is 0.143. The van der Waals surface area contributed by atoms with Crippen molar-refractivity contribution in [1.82, 2.24) is 5.32 Å². The van der Waals surface area contributed by atoms with Gasteiger partial charge in [0.05, 0.1) is 20.6 Å². The van der Waals surface area contributed by atoms with Crippen LogP contribution in [0.2, 0.25) is 10.0 Å². The number of thiophene rings is 1. The van der Waals surface area contributed by atoms with E-state index in [9.17, 15) is 9.59 Å². The van der Waals surface area contributed by atoms with Crippen molar-refractivity contribution in [3.8, 4) is 0 Å². The van der Waals surface area contributed by atoms with Crippen molar-refractivity contribution in [3.05, 3.63) is 44.6 Å². The molecule has 0 saturated heterocycles. The molecule has 2 rings (SSSR count). The zero-order chi connectivity index (χ0) is 16.3. The smallest absolute Gasteiger partial charge is 0.261 e. The highest BCUT2D eigenvalue weighted by molar-refractivity contribution is 7.12. The van der Waals surface area contributed by atoms with Gasteiger partial charge < -0.3 is 16.4 Å². The van der Waals surface area contributed by atoms with Gasteiger partial charge in [-0.25, -0.2) is 0 Å². The van der Waals surface area contributed by atoms with Crippen LogP contribution >= 0.6 is 34.5 Å². The molecule has 0 fully saturated rings. The molecule has 0 aliphatic rings. The molecule has 2 amide bonds. The first-order chi connectivity index (χ1) is 10.4.